The molecule has 0 saturated heterocycles. The van der Waals surface area contributed by atoms with Crippen molar-refractivity contribution in [1.82, 2.24) is 4.90 Å². The van der Waals surface area contributed by atoms with Gasteiger partial charge in [0, 0.05) is 5.69 Å². The molecule has 1 N–H and O–H groups in total. The molecule has 3 amide bonds. The number of imide groups is 1. The number of carbonyl (C=O) groups excluding carboxylic acids is 4. The first-order valence-corrected chi connectivity index (χ1v) is 10.8. The molecule has 0 saturated carbocycles. The van der Waals surface area contributed by atoms with Gasteiger partial charge in [-0.3, -0.25) is 19.3 Å². The maximum atomic E-state index is 12.7. The number of hydrogen-bond donors (Lipinski definition) is 1. The van der Waals surface area contributed by atoms with Crippen molar-refractivity contribution in [3.05, 3.63) is 65.2 Å². The predicted octanol–water partition coefficient (Wildman–Crippen LogP) is 2.89. The summed E-state index contributed by atoms with van der Waals surface area (Å²) in [4.78, 5) is 51.4. The van der Waals surface area contributed by atoms with Gasteiger partial charge in [-0.2, -0.15) is 11.8 Å². The van der Waals surface area contributed by atoms with Gasteiger partial charge in [-0.15, -0.1) is 0 Å². The number of carbonyl (C=O) groups is 4. The number of rotatable bonds is 8. The summed E-state index contributed by atoms with van der Waals surface area (Å²) in [5, 5.41) is 2.68. The lowest BCUT2D eigenvalue weighted by atomic mass is 10.1. The third-order valence-electron chi connectivity index (χ3n) is 4.77. The molecule has 3 rings (SSSR count). The molecule has 0 aliphatic carbocycles. The molecule has 0 fully saturated rings. The Labute approximate surface area is 178 Å². The van der Waals surface area contributed by atoms with Crippen LogP contribution in [0.4, 0.5) is 5.69 Å². The highest BCUT2D eigenvalue weighted by atomic mass is 32.2. The van der Waals surface area contributed by atoms with E-state index in [4.69, 9.17) is 4.74 Å². The summed E-state index contributed by atoms with van der Waals surface area (Å²) in [5.41, 5.74) is 2.03. The number of aryl methyl sites for hydroxylation is 1. The summed E-state index contributed by atoms with van der Waals surface area (Å²) < 4.78 is 5.18. The quantitative estimate of drug-likeness (QED) is 0.515. The van der Waals surface area contributed by atoms with Crippen molar-refractivity contribution in [2.24, 2.45) is 0 Å². The van der Waals surface area contributed by atoms with Crippen LogP contribution in [0.15, 0.2) is 48.5 Å². The van der Waals surface area contributed by atoms with Gasteiger partial charge in [-0.1, -0.05) is 30.3 Å². The van der Waals surface area contributed by atoms with Crippen LogP contribution in [-0.4, -0.2) is 53.2 Å². The number of ether oxygens (including phenoxy) is 1. The van der Waals surface area contributed by atoms with Crippen LogP contribution in [0.2, 0.25) is 0 Å². The second-order valence-corrected chi connectivity index (χ2v) is 7.78. The molecule has 7 nitrogen and oxygen atoms in total. The van der Waals surface area contributed by atoms with E-state index in [1.165, 1.54) is 11.8 Å². The summed E-state index contributed by atoms with van der Waals surface area (Å²) in [6.07, 6.45) is 2.10. The first-order valence-electron chi connectivity index (χ1n) is 9.42. The van der Waals surface area contributed by atoms with E-state index in [1.807, 2.05) is 25.3 Å². The normalized spacial score (nSPS) is 13.7. The van der Waals surface area contributed by atoms with Crippen LogP contribution in [0.3, 0.4) is 0 Å². The summed E-state index contributed by atoms with van der Waals surface area (Å²) in [6.45, 7) is 1.34. The SMILES string of the molecule is CSCC[C@H](C(=O)OCC(=O)Nc1ccccc1C)N1C(=O)c2ccccc2C1=O. The summed E-state index contributed by atoms with van der Waals surface area (Å²) in [6, 6.07) is 12.6. The van der Waals surface area contributed by atoms with Crippen molar-refractivity contribution in [1.29, 1.82) is 0 Å². The lowest BCUT2D eigenvalue weighted by molar-refractivity contribution is -0.151. The molecule has 1 atom stereocenters. The zero-order valence-corrected chi connectivity index (χ0v) is 17.5. The predicted molar refractivity (Wildman–Crippen MR) is 114 cm³/mol. The number of nitrogens with zero attached hydrogens (tertiary/aromatic N) is 1. The van der Waals surface area contributed by atoms with Gasteiger partial charge in [0.25, 0.3) is 17.7 Å². The van der Waals surface area contributed by atoms with Crippen molar-refractivity contribution in [2.75, 3.05) is 23.9 Å². The van der Waals surface area contributed by atoms with E-state index in [1.54, 1.807) is 36.4 Å². The molecule has 0 radical (unpaired) electrons. The zero-order chi connectivity index (χ0) is 21.7. The number of thioether (sulfide) groups is 1. The lowest BCUT2D eigenvalue weighted by Gasteiger charge is -2.24. The van der Waals surface area contributed by atoms with Crippen LogP contribution < -0.4 is 5.32 Å². The van der Waals surface area contributed by atoms with E-state index < -0.39 is 36.3 Å². The highest BCUT2D eigenvalue weighted by molar-refractivity contribution is 7.98. The molecule has 8 heteroatoms. The molecule has 1 aliphatic rings. The van der Waals surface area contributed by atoms with Crippen LogP contribution in [0.1, 0.15) is 32.7 Å². The summed E-state index contributed by atoms with van der Waals surface area (Å²) in [7, 11) is 0. The number of benzene rings is 2. The first-order chi connectivity index (χ1) is 14.4. The maximum absolute atomic E-state index is 12.7. The number of amides is 3. The van der Waals surface area contributed by atoms with Gasteiger partial charge >= 0.3 is 5.97 Å². The Hall–Kier alpha value is -3.13. The van der Waals surface area contributed by atoms with Gasteiger partial charge in [-0.05, 0) is 49.1 Å². The monoisotopic (exact) mass is 426 g/mol. The van der Waals surface area contributed by atoms with Gasteiger partial charge in [0.1, 0.15) is 6.04 Å². The molecule has 0 bridgehead atoms. The van der Waals surface area contributed by atoms with Gasteiger partial charge in [0.05, 0.1) is 11.1 Å². The molecule has 156 valence electrons. The fraction of sp³-hybridized carbons (Fsp3) is 0.273. The van der Waals surface area contributed by atoms with E-state index in [9.17, 15) is 19.2 Å². The molecular weight excluding hydrogens is 404 g/mol. The second-order valence-electron chi connectivity index (χ2n) is 6.79. The fourth-order valence-corrected chi connectivity index (χ4v) is 3.66. The number of fused-ring (bicyclic) bond motifs is 1. The van der Waals surface area contributed by atoms with Crippen LogP contribution >= 0.6 is 11.8 Å². The molecule has 1 aliphatic heterocycles. The molecular formula is C22H22N2O5S. The standard InChI is InChI=1S/C22H22N2O5S/c1-14-7-3-6-10-17(14)23-19(25)13-29-22(28)18(11-12-30-2)24-20(26)15-8-4-5-9-16(15)21(24)27/h3-10,18H,11-13H2,1-2H3,(H,23,25)/t18-/m1/s1. The average Bonchev–Trinajstić information content (AvgIpc) is 2.99. The largest absolute Gasteiger partial charge is 0.454 e. The third kappa shape index (κ3) is 4.54. The summed E-state index contributed by atoms with van der Waals surface area (Å²) >= 11 is 1.48. The minimum absolute atomic E-state index is 0.241. The van der Waals surface area contributed by atoms with Crippen molar-refractivity contribution >= 4 is 41.1 Å². The number of esters is 1. The van der Waals surface area contributed by atoms with Crippen LogP contribution in [0.25, 0.3) is 0 Å². The minimum atomic E-state index is -1.09. The summed E-state index contributed by atoms with van der Waals surface area (Å²) in [5.74, 6) is -1.78. The smallest absolute Gasteiger partial charge is 0.329 e. The van der Waals surface area contributed by atoms with Gasteiger partial charge in [0.15, 0.2) is 6.61 Å². The molecule has 2 aromatic carbocycles. The molecule has 1 heterocycles. The van der Waals surface area contributed by atoms with E-state index >= 15 is 0 Å². The number of para-hydroxylation sites is 1. The van der Waals surface area contributed by atoms with Crippen molar-refractivity contribution in [3.8, 4) is 0 Å². The Kier molecular flexibility index (Phi) is 6.89. The number of hydrogen-bond acceptors (Lipinski definition) is 6. The van der Waals surface area contributed by atoms with E-state index in [0.29, 0.717) is 11.4 Å². The lowest BCUT2D eigenvalue weighted by Crippen LogP contribution is -2.46. The number of nitrogens with one attached hydrogen (secondary N) is 1. The zero-order valence-electron chi connectivity index (χ0n) is 16.7. The Balaban J connectivity index is 1.69. The molecule has 30 heavy (non-hydrogen) atoms. The Morgan fingerprint density at radius 3 is 2.23 bits per heavy atom. The van der Waals surface area contributed by atoms with E-state index in [2.05, 4.69) is 5.32 Å². The van der Waals surface area contributed by atoms with Crippen molar-refractivity contribution in [3.63, 3.8) is 0 Å². The molecule has 0 spiro atoms. The van der Waals surface area contributed by atoms with Crippen LogP contribution in [0.5, 0.6) is 0 Å². The Morgan fingerprint density at radius 2 is 1.63 bits per heavy atom. The first kappa shape index (κ1) is 21.6. The molecule has 2 aromatic rings. The maximum Gasteiger partial charge on any atom is 0.329 e. The van der Waals surface area contributed by atoms with Crippen LogP contribution in [-0.2, 0) is 14.3 Å². The van der Waals surface area contributed by atoms with Crippen LogP contribution in [0, 0.1) is 6.92 Å². The van der Waals surface area contributed by atoms with E-state index in [0.717, 1.165) is 10.5 Å². The van der Waals surface area contributed by atoms with Gasteiger partial charge in [-0.25, -0.2) is 4.79 Å². The fourth-order valence-electron chi connectivity index (χ4n) is 3.21. The molecule has 0 unspecified atom stereocenters. The van der Waals surface area contributed by atoms with Crippen molar-refractivity contribution in [2.45, 2.75) is 19.4 Å². The topological polar surface area (TPSA) is 92.8 Å². The molecule has 0 aromatic heterocycles. The second kappa shape index (κ2) is 9.58. The van der Waals surface area contributed by atoms with Gasteiger partial charge in [0.2, 0.25) is 0 Å². The number of anilines is 1. The average molecular weight is 426 g/mol. The minimum Gasteiger partial charge on any atom is -0.454 e. The Bertz CT molecular complexity index is 956. The highest BCUT2D eigenvalue weighted by Gasteiger charge is 2.43. The van der Waals surface area contributed by atoms with Crippen molar-refractivity contribution < 1.29 is 23.9 Å². The Morgan fingerprint density at radius 1 is 1.03 bits per heavy atom. The van der Waals surface area contributed by atoms with Gasteiger partial charge < -0.3 is 10.1 Å². The third-order valence-corrected chi connectivity index (χ3v) is 5.41. The van der Waals surface area contributed by atoms with E-state index in [-0.39, 0.29) is 17.5 Å². The highest BCUT2D eigenvalue weighted by Crippen LogP contribution is 2.26.